The van der Waals surface area contributed by atoms with Crippen molar-refractivity contribution in [1.29, 1.82) is 0 Å². The van der Waals surface area contributed by atoms with E-state index in [1.54, 1.807) is 24.3 Å². The molecule has 2 unspecified atom stereocenters. The fraction of sp³-hybridized carbons (Fsp3) is 0.316. The number of ketones is 1. The Balaban J connectivity index is 2.39. The van der Waals surface area contributed by atoms with Gasteiger partial charge in [-0.05, 0) is 35.4 Å². The van der Waals surface area contributed by atoms with Gasteiger partial charge in [-0.1, -0.05) is 12.1 Å². The van der Waals surface area contributed by atoms with Crippen LogP contribution in [0.5, 0.6) is 11.5 Å². The lowest BCUT2D eigenvalue weighted by atomic mass is 9.82. The van der Waals surface area contributed by atoms with E-state index in [2.05, 4.69) is 0 Å². The Labute approximate surface area is 151 Å². The zero-order valence-corrected chi connectivity index (χ0v) is 14.3. The largest absolute Gasteiger partial charge is 0.508 e. The first-order valence-corrected chi connectivity index (χ1v) is 8.25. The van der Waals surface area contributed by atoms with Crippen LogP contribution >= 0.6 is 0 Å². The molecule has 0 spiro atoms. The third kappa shape index (κ3) is 4.03. The summed E-state index contributed by atoms with van der Waals surface area (Å²) < 4.78 is 0. The van der Waals surface area contributed by atoms with Gasteiger partial charge in [-0.25, -0.2) is 0 Å². The minimum absolute atomic E-state index is 0.0376. The van der Waals surface area contributed by atoms with E-state index in [4.69, 9.17) is 11.5 Å². The molecule has 8 N–H and O–H groups in total. The van der Waals surface area contributed by atoms with Gasteiger partial charge in [0.25, 0.3) is 0 Å². The summed E-state index contributed by atoms with van der Waals surface area (Å²) in [6, 6.07) is 9.11. The molecule has 7 nitrogen and oxygen atoms in total. The normalized spacial score (nSPS) is 13.4. The molecule has 0 radical (unpaired) electrons. The van der Waals surface area contributed by atoms with Gasteiger partial charge in [0.1, 0.15) is 17.3 Å². The second-order valence-electron chi connectivity index (χ2n) is 6.07. The molecule has 0 aromatic heterocycles. The third-order valence-corrected chi connectivity index (χ3v) is 4.51. The number of hydrogen-bond donors (Lipinski definition) is 6. The van der Waals surface area contributed by atoms with Crippen LogP contribution in [0.25, 0.3) is 0 Å². The summed E-state index contributed by atoms with van der Waals surface area (Å²) in [5, 5.41) is 38.0. The molecule has 0 aliphatic heterocycles. The maximum Gasteiger partial charge on any atom is 0.150 e. The number of benzene rings is 2. The van der Waals surface area contributed by atoms with Crippen LogP contribution in [0.2, 0.25) is 0 Å². The van der Waals surface area contributed by atoms with Crippen LogP contribution in [0.15, 0.2) is 36.4 Å². The van der Waals surface area contributed by atoms with E-state index in [1.807, 2.05) is 0 Å². The standard InChI is InChI=1S/C19H24N2O5/c20-7-15(11-1-3-17(24)13(5-11)9-22)19(26)16(8-21)12-2-4-18(25)14(6-12)10-23/h1-6,15-16,22-25H,7-10,20-21H2. The minimum Gasteiger partial charge on any atom is -0.508 e. The van der Waals surface area contributed by atoms with Gasteiger partial charge < -0.3 is 31.9 Å². The summed E-state index contributed by atoms with van der Waals surface area (Å²) in [6.07, 6.45) is 0. The van der Waals surface area contributed by atoms with Crippen LogP contribution in [0.3, 0.4) is 0 Å². The first-order valence-electron chi connectivity index (χ1n) is 8.25. The van der Waals surface area contributed by atoms with Gasteiger partial charge in [-0.2, -0.15) is 0 Å². The van der Waals surface area contributed by atoms with E-state index < -0.39 is 11.8 Å². The highest BCUT2D eigenvalue weighted by molar-refractivity contribution is 5.92. The summed E-state index contributed by atoms with van der Waals surface area (Å²) in [5.74, 6) is -1.65. The zero-order valence-electron chi connectivity index (χ0n) is 14.3. The van der Waals surface area contributed by atoms with Crippen LogP contribution in [0.1, 0.15) is 34.1 Å². The molecule has 0 fully saturated rings. The number of nitrogens with two attached hydrogens (primary N) is 2. The highest BCUT2D eigenvalue weighted by Crippen LogP contribution is 2.30. The van der Waals surface area contributed by atoms with Crippen LogP contribution in [-0.2, 0) is 18.0 Å². The molecule has 7 heteroatoms. The van der Waals surface area contributed by atoms with E-state index in [9.17, 15) is 25.2 Å². The van der Waals surface area contributed by atoms with Gasteiger partial charge >= 0.3 is 0 Å². The quantitative estimate of drug-likeness (QED) is 0.400. The van der Waals surface area contributed by atoms with Crippen LogP contribution in [-0.4, -0.2) is 39.3 Å². The third-order valence-electron chi connectivity index (χ3n) is 4.51. The summed E-state index contributed by atoms with van der Waals surface area (Å²) in [7, 11) is 0. The topological polar surface area (TPSA) is 150 Å². The van der Waals surface area contributed by atoms with Gasteiger partial charge in [0.15, 0.2) is 0 Å². The van der Waals surface area contributed by atoms with Crippen molar-refractivity contribution in [3.8, 4) is 11.5 Å². The number of phenols is 2. The molecule has 2 aromatic rings. The van der Waals surface area contributed by atoms with E-state index in [-0.39, 0.29) is 43.6 Å². The SMILES string of the molecule is NCC(C(=O)C(CN)c1ccc(O)c(CO)c1)c1ccc(O)c(CO)c1. The Morgan fingerprint density at radius 3 is 1.50 bits per heavy atom. The molecule has 26 heavy (non-hydrogen) atoms. The van der Waals surface area contributed by atoms with Crippen molar-refractivity contribution in [2.45, 2.75) is 25.0 Å². The summed E-state index contributed by atoms with van der Waals surface area (Å²) >= 11 is 0. The number of carbonyl (C=O) groups is 1. The van der Waals surface area contributed by atoms with Crippen molar-refractivity contribution < 1.29 is 25.2 Å². The Hall–Kier alpha value is -2.45. The fourth-order valence-corrected chi connectivity index (χ4v) is 2.97. The molecule has 140 valence electrons. The molecule has 0 heterocycles. The molecule has 2 atom stereocenters. The molecular weight excluding hydrogens is 336 g/mol. The average molecular weight is 360 g/mol. The van der Waals surface area contributed by atoms with Crippen LogP contribution in [0, 0.1) is 0 Å². The predicted octanol–water partition coefficient (Wildman–Crippen LogP) is 0.436. The van der Waals surface area contributed by atoms with Crippen molar-refractivity contribution in [3.63, 3.8) is 0 Å². The molecule has 0 amide bonds. The number of aliphatic hydroxyl groups excluding tert-OH is 2. The Morgan fingerprint density at radius 1 is 0.808 bits per heavy atom. The second kappa shape index (κ2) is 8.77. The summed E-state index contributed by atoms with van der Waals surface area (Å²) in [5.41, 5.74) is 13.4. The van der Waals surface area contributed by atoms with Gasteiger partial charge in [0.2, 0.25) is 0 Å². The molecule has 0 saturated heterocycles. The van der Waals surface area contributed by atoms with Gasteiger partial charge in [0.05, 0.1) is 25.0 Å². The number of aromatic hydroxyl groups is 2. The van der Waals surface area contributed by atoms with Gasteiger partial charge in [-0.3, -0.25) is 4.79 Å². The summed E-state index contributed by atoms with van der Waals surface area (Å²) in [6.45, 7) is -0.640. The Morgan fingerprint density at radius 2 is 1.19 bits per heavy atom. The minimum atomic E-state index is -0.666. The monoisotopic (exact) mass is 360 g/mol. The first kappa shape index (κ1) is 19.9. The van der Waals surface area contributed by atoms with E-state index >= 15 is 0 Å². The lowest BCUT2D eigenvalue weighted by Crippen LogP contribution is -2.31. The van der Waals surface area contributed by atoms with Crippen molar-refractivity contribution in [2.75, 3.05) is 13.1 Å². The van der Waals surface area contributed by atoms with Gasteiger partial charge in [0, 0.05) is 24.2 Å². The van der Waals surface area contributed by atoms with E-state index in [0.29, 0.717) is 22.3 Å². The van der Waals surface area contributed by atoms with Crippen LogP contribution in [0.4, 0.5) is 0 Å². The number of aliphatic hydroxyl groups is 2. The molecule has 2 aromatic carbocycles. The number of Topliss-reactive ketones (excluding diaryl/α,β-unsaturated/α-hetero) is 1. The molecule has 2 rings (SSSR count). The van der Waals surface area contributed by atoms with E-state index in [1.165, 1.54) is 12.1 Å². The molecule has 0 bridgehead atoms. The molecular formula is C19H24N2O5. The van der Waals surface area contributed by atoms with Gasteiger partial charge in [-0.15, -0.1) is 0 Å². The zero-order chi connectivity index (χ0) is 19.3. The maximum absolute atomic E-state index is 13.1. The lowest BCUT2D eigenvalue weighted by molar-refractivity contribution is -0.121. The number of rotatable bonds is 8. The first-order chi connectivity index (χ1) is 12.5. The van der Waals surface area contributed by atoms with Crippen molar-refractivity contribution in [2.24, 2.45) is 11.5 Å². The number of carbonyl (C=O) groups excluding carboxylic acids is 1. The Bertz CT molecular complexity index is 715. The summed E-state index contributed by atoms with van der Waals surface area (Å²) in [4.78, 5) is 13.1. The predicted molar refractivity (Wildman–Crippen MR) is 96.7 cm³/mol. The van der Waals surface area contributed by atoms with Crippen molar-refractivity contribution in [1.82, 2.24) is 0 Å². The highest BCUT2D eigenvalue weighted by Gasteiger charge is 2.28. The molecule has 0 saturated carbocycles. The van der Waals surface area contributed by atoms with Crippen molar-refractivity contribution in [3.05, 3.63) is 58.7 Å². The van der Waals surface area contributed by atoms with Crippen LogP contribution < -0.4 is 11.5 Å². The Kier molecular flexibility index (Phi) is 6.70. The maximum atomic E-state index is 13.1. The molecule has 0 aliphatic carbocycles. The fourth-order valence-electron chi connectivity index (χ4n) is 2.97. The van der Waals surface area contributed by atoms with Crippen molar-refractivity contribution >= 4 is 5.78 Å². The average Bonchev–Trinajstić information content (AvgIpc) is 2.65. The lowest BCUT2D eigenvalue weighted by Gasteiger charge is -2.22. The van der Waals surface area contributed by atoms with E-state index in [0.717, 1.165) is 0 Å². The second-order valence-corrected chi connectivity index (χ2v) is 6.07. The number of hydrogen-bond acceptors (Lipinski definition) is 7. The highest BCUT2D eigenvalue weighted by atomic mass is 16.3. The molecule has 0 aliphatic rings. The smallest absolute Gasteiger partial charge is 0.150 e.